The normalized spacial score (nSPS) is 11.1. The molecule has 0 heterocycles. The number of hydrogen-bond acceptors (Lipinski definition) is 4. The summed E-state index contributed by atoms with van der Waals surface area (Å²) in [4.78, 5) is 10.1. The number of nitrogens with one attached hydrogen (secondary N) is 1. The number of nitro benzene ring substituents is 1. The number of nitro groups is 1. The van der Waals surface area contributed by atoms with Crippen LogP contribution in [0.2, 0.25) is 0 Å². The van der Waals surface area contributed by atoms with Crippen molar-refractivity contribution < 1.29 is 13.3 Å². The largest absolute Gasteiger partial charge is 0.280 e. The summed E-state index contributed by atoms with van der Waals surface area (Å²) in [6.07, 6.45) is 0. The Hall–Kier alpha value is -2.41. The number of hydrogen-bond donors (Lipinski definition) is 1. The molecule has 0 aliphatic carbocycles. The van der Waals surface area contributed by atoms with Crippen LogP contribution in [0.3, 0.4) is 0 Å². The minimum Gasteiger partial charge on any atom is -0.280 e. The summed E-state index contributed by atoms with van der Waals surface area (Å²) in [6.45, 7) is 1.52. The van der Waals surface area contributed by atoms with Gasteiger partial charge in [0.15, 0.2) is 0 Å². The van der Waals surface area contributed by atoms with Gasteiger partial charge in [-0.2, -0.15) is 0 Å². The average molecular weight is 292 g/mol. The molecule has 7 heteroatoms. The topological polar surface area (TPSA) is 89.3 Å². The predicted octanol–water partition coefficient (Wildman–Crippen LogP) is 2.70. The van der Waals surface area contributed by atoms with Gasteiger partial charge in [-0.15, -0.1) is 0 Å². The van der Waals surface area contributed by atoms with E-state index in [1.165, 1.54) is 25.1 Å². The fraction of sp³-hybridized carbons (Fsp3) is 0.0769. The summed E-state index contributed by atoms with van der Waals surface area (Å²) in [5.41, 5.74) is 0.619. The summed E-state index contributed by atoms with van der Waals surface area (Å²) in [7, 11) is -3.76. The molecule has 104 valence electrons. The quantitative estimate of drug-likeness (QED) is 0.693. The Balaban J connectivity index is 2.37. The van der Waals surface area contributed by atoms with Crippen LogP contribution in [0.4, 0.5) is 11.4 Å². The number of para-hydroxylation sites is 1. The summed E-state index contributed by atoms with van der Waals surface area (Å²) in [5.74, 6) is 0. The zero-order valence-electron chi connectivity index (χ0n) is 10.6. The molecule has 0 atom stereocenters. The van der Waals surface area contributed by atoms with Gasteiger partial charge in [-0.05, 0) is 30.7 Å². The van der Waals surface area contributed by atoms with Crippen LogP contribution in [0.5, 0.6) is 0 Å². The number of anilines is 1. The molecule has 1 N–H and O–H groups in total. The fourth-order valence-corrected chi connectivity index (χ4v) is 3.05. The monoisotopic (exact) mass is 292 g/mol. The van der Waals surface area contributed by atoms with Crippen LogP contribution >= 0.6 is 0 Å². The van der Waals surface area contributed by atoms with Crippen LogP contribution in [-0.2, 0) is 10.0 Å². The molecule has 2 rings (SSSR count). The Morgan fingerprint density at radius 2 is 1.75 bits per heavy atom. The van der Waals surface area contributed by atoms with Crippen molar-refractivity contribution >= 4 is 21.4 Å². The second-order valence-electron chi connectivity index (χ2n) is 4.18. The highest BCUT2D eigenvalue weighted by Crippen LogP contribution is 2.23. The molecule has 0 bridgehead atoms. The second-order valence-corrected chi connectivity index (χ2v) is 5.83. The lowest BCUT2D eigenvalue weighted by atomic mass is 10.2. The first-order valence-electron chi connectivity index (χ1n) is 5.73. The van der Waals surface area contributed by atoms with Crippen molar-refractivity contribution in [1.82, 2.24) is 0 Å². The Morgan fingerprint density at radius 3 is 2.30 bits per heavy atom. The summed E-state index contributed by atoms with van der Waals surface area (Å²) < 4.78 is 26.9. The van der Waals surface area contributed by atoms with Crippen molar-refractivity contribution in [3.05, 3.63) is 64.2 Å². The molecule has 0 saturated heterocycles. The van der Waals surface area contributed by atoms with E-state index in [-0.39, 0.29) is 10.6 Å². The fourth-order valence-electron chi connectivity index (χ4n) is 1.76. The van der Waals surface area contributed by atoms with Gasteiger partial charge in [0.05, 0.1) is 9.82 Å². The van der Waals surface area contributed by atoms with E-state index in [2.05, 4.69) is 4.72 Å². The van der Waals surface area contributed by atoms with Crippen LogP contribution in [0.25, 0.3) is 0 Å². The zero-order valence-corrected chi connectivity index (χ0v) is 11.4. The Morgan fingerprint density at radius 1 is 1.10 bits per heavy atom. The lowest BCUT2D eigenvalue weighted by molar-refractivity contribution is -0.385. The van der Waals surface area contributed by atoms with Gasteiger partial charge in [0.25, 0.3) is 15.7 Å². The first-order valence-corrected chi connectivity index (χ1v) is 7.21. The third-order valence-corrected chi connectivity index (χ3v) is 4.23. The van der Waals surface area contributed by atoms with Crippen LogP contribution < -0.4 is 4.72 Å². The van der Waals surface area contributed by atoms with E-state index in [0.29, 0.717) is 11.3 Å². The third kappa shape index (κ3) is 2.94. The average Bonchev–Trinajstić information content (AvgIpc) is 2.38. The van der Waals surface area contributed by atoms with E-state index in [9.17, 15) is 18.5 Å². The number of aryl methyl sites for hydroxylation is 1. The minimum atomic E-state index is -3.76. The molecule has 0 spiro atoms. The van der Waals surface area contributed by atoms with Gasteiger partial charge >= 0.3 is 0 Å². The van der Waals surface area contributed by atoms with Gasteiger partial charge in [0.1, 0.15) is 0 Å². The molecule has 0 aromatic heterocycles. The van der Waals surface area contributed by atoms with Gasteiger partial charge in [-0.3, -0.25) is 14.8 Å². The number of sulfonamides is 1. The highest BCUT2D eigenvalue weighted by molar-refractivity contribution is 7.92. The SMILES string of the molecule is Cc1cc([N+](=O)[O-])ccc1S(=O)(=O)Nc1ccccc1. The van der Waals surface area contributed by atoms with Crippen molar-refractivity contribution in [1.29, 1.82) is 0 Å². The predicted molar refractivity (Wildman–Crippen MR) is 75.1 cm³/mol. The van der Waals surface area contributed by atoms with E-state index in [4.69, 9.17) is 0 Å². The highest BCUT2D eigenvalue weighted by Gasteiger charge is 2.19. The van der Waals surface area contributed by atoms with Crippen molar-refractivity contribution in [3.63, 3.8) is 0 Å². The van der Waals surface area contributed by atoms with E-state index in [1.807, 2.05) is 0 Å². The molecule has 0 radical (unpaired) electrons. The lowest BCUT2D eigenvalue weighted by Crippen LogP contribution is -2.14. The minimum absolute atomic E-state index is 0.0203. The number of benzene rings is 2. The summed E-state index contributed by atoms with van der Waals surface area (Å²) >= 11 is 0. The Labute approximate surface area is 116 Å². The molecule has 2 aromatic rings. The van der Waals surface area contributed by atoms with Crippen LogP contribution in [0.1, 0.15) is 5.56 Å². The molecular weight excluding hydrogens is 280 g/mol. The molecule has 0 unspecified atom stereocenters. The maximum atomic E-state index is 12.2. The highest BCUT2D eigenvalue weighted by atomic mass is 32.2. The molecule has 0 saturated carbocycles. The maximum absolute atomic E-state index is 12.2. The van der Waals surface area contributed by atoms with Gasteiger partial charge < -0.3 is 0 Å². The van der Waals surface area contributed by atoms with Crippen molar-refractivity contribution in [2.45, 2.75) is 11.8 Å². The van der Waals surface area contributed by atoms with Crippen LogP contribution in [0, 0.1) is 17.0 Å². The first kappa shape index (κ1) is 14.0. The van der Waals surface area contributed by atoms with Crippen molar-refractivity contribution in [2.24, 2.45) is 0 Å². The van der Waals surface area contributed by atoms with Gasteiger partial charge in [-0.1, -0.05) is 18.2 Å². The summed E-state index contributed by atoms with van der Waals surface area (Å²) in [5, 5.41) is 10.6. The van der Waals surface area contributed by atoms with Crippen molar-refractivity contribution in [2.75, 3.05) is 4.72 Å². The number of nitrogens with zero attached hydrogens (tertiary/aromatic N) is 1. The van der Waals surface area contributed by atoms with Crippen LogP contribution in [-0.4, -0.2) is 13.3 Å². The number of non-ortho nitro benzene ring substituents is 1. The van der Waals surface area contributed by atoms with Gasteiger partial charge in [-0.25, -0.2) is 8.42 Å². The molecule has 0 fully saturated rings. The first-order chi connectivity index (χ1) is 9.40. The Bertz CT molecular complexity index is 742. The lowest BCUT2D eigenvalue weighted by Gasteiger charge is -2.10. The molecule has 0 aliphatic heterocycles. The molecule has 0 aliphatic rings. The van der Waals surface area contributed by atoms with Crippen molar-refractivity contribution in [3.8, 4) is 0 Å². The van der Waals surface area contributed by atoms with E-state index < -0.39 is 14.9 Å². The smallest absolute Gasteiger partial charge is 0.269 e. The molecule has 20 heavy (non-hydrogen) atoms. The third-order valence-electron chi connectivity index (χ3n) is 2.68. The number of rotatable bonds is 4. The Kier molecular flexibility index (Phi) is 3.71. The second kappa shape index (κ2) is 5.30. The molecular formula is C13H12N2O4S. The molecule has 2 aromatic carbocycles. The van der Waals surface area contributed by atoms with E-state index in [0.717, 1.165) is 0 Å². The zero-order chi connectivity index (χ0) is 14.8. The summed E-state index contributed by atoms with van der Waals surface area (Å²) in [6, 6.07) is 12.1. The van der Waals surface area contributed by atoms with Crippen LogP contribution in [0.15, 0.2) is 53.4 Å². The standard InChI is InChI=1S/C13H12N2O4S/c1-10-9-12(15(16)17)7-8-13(10)20(18,19)14-11-5-3-2-4-6-11/h2-9,14H,1H3. The maximum Gasteiger partial charge on any atom is 0.269 e. The molecule has 6 nitrogen and oxygen atoms in total. The van der Waals surface area contributed by atoms with E-state index in [1.54, 1.807) is 30.3 Å². The van der Waals surface area contributed by atoms with E-state index >= 15 is 0 Å². The molecule has 0 amide bonds. The van der Waals surface area contributed by atoms with Gasteiger partial charge in [0, 0.05) is 17.8 Å². The van der Waals surface area contributed by atoms with Gasteiger partial charge in [0.2, 0.25) is 0 Å².